The van der Waals surface area contributed by atoms with Crippen LogP contribution in [0.4, 0.5) is 0 Å². The molecule has 1 aromatic rings. The third-order valence-electron chi connectivity index (χ3n) is 3.70. The normalized spacial score (nSPS) is 27.7. The van der Waals surface area contributed by atoms with Crippen molar-refractivity contribution in [1.82, 2.24) is 0 Å². The van der Waals surface area contributed by atoms with Crippen LogP contribution in [0.1, 0.15) is 33.8 Å². The topological polar surface area (TPSA) is 87.0 Å². The average Bonchev–Trinajstić information content (AvgIpc) is 2.96. The van der Waals surface area contributed by atoms with E-state index in [0.29, 0.717) is 12.0 Å². The standard InChI is InChI=1S/C11H12BO5/c1-5-2-3-6-7-4-8(7)12(15,16)17-10(6)9(5)11(13)14/h2-3,7-8,15-16H,4H2,1H3,(H,13,14)/q-1/t7-,8-/m0/s1. The second-order valence-electron chi connectivity index (χ2n) is 4.87. The Morgan fingerprint density at radius 1 is 1.47 bits per heavy atom. The molecule has 2 aliphatic rings. The van der Waals surface area contributed by atoms with Crippen molar-refractivity contribution in [1.29, 1.82) is 0 Å². The van der Waals surface area contributed by atoms with E-state index in [-0.39, 0.29) is 23.0 Å². The highest BCUT2D eigenvalue weighted by atomic mass is 16.6. The number of carboxylic acids is 1. The molecule has 0 aromatic heterocycles. The number of fused-ring (bicyclic) bond motifs is 3. The number of carboxylic acid groups (broad SMARTS) is 1. The maximum absolute atomic E-state index is 11.2. The summed E-state index contributed by atoms with van der Waals surface area (Å²) in [6.45, 7) is -1.25. The molecule has 3 N–H and O–H groups in total. The van der Waals surface area contributed by atoms with Crippen LogP contribution in [-0.4, -0.2) is 27.9 Å². The van der Waals surface area contributed by atoms with Crippen molar-refractivity contribution in [2.45, 2.75) is 25.1 Å². The van der Waals surface area contributed by atoms with E-state index in [2.05, 4.69) is 0 Å². The van der Waals surface area contributed by atoms with Crippen molar-refractivity contribution >= 4 is 12.7 Å². The molecule has 1 saturated carbocycles. The molecule has 0 amide bonds. The fourth-order valence-electron chi connectivity index (χ4n) is 2.69. The monoisotopic (exact) mass is 235 g/mol. The zero-order valence-electron chi connectivity index (χ0n) is 9.25. The molecule has 1 aliphatic heterocycles. The van der Waals surface area contributed by atoms with Gasteiger partial charge in [0.25, 0.3) is 0 Å². The summed E-state index contributed by atoms with van der Waals surface area (Å²) in [5, 5.41) is 28.6. The van der Waals surface area contributed by atoms with Crippen molar-refractivity contribution < 1.29 is 24.6 Å². The Hall–Kier alpha value is -1.53. The van der Waals surface area contributed by atoms with Crippen LogP contribution in [0.3, 0.4) is 0 Å². The number of aryl methyl sites for hydroxylation is 1. The number of hydrogen-bond acceptors (Lipinski definition) is 4. The van der Waals surface area contributed by atoms with Gasteiger partial charge in [0.2, 0.25) is 0 Å². The Morgan fingerprint density at radius 3 is 2.82 bits per heavy atom. The molecule has 1 aromatic carbocycles. The molecule has 1 heterocycles. The molecule has 1 aliphatic carbocycles. The van der Waals surface area contributed by atoms with Gasteiger partial charge in [-0.05, 0) is 24.0 Å². The second kappa shape index (κ2) is 3.03. The molecule has 0 radical (unpaired) electrons. The van der Waals surface area contributed by atoms with Gasteiger partial charge in [0.1, 0.15) is 5.56 Å². The minimum atomic E-state index is -2.91. The van der Waals surface area contributed by atoms with Gasteiger partial charge >= 0.3 is 12.7 Å². The van der Waals surface area contributed by atoms with E-state index >= 15 is 0 Å². The molecule has 6 heteroatoms. The Labute approximate surface area is 97.7 Å². The van der Waals surface area contributed by atoms with Crippen LogP contribution in [0.2, 0.25) is 5.82 Å². The lowest BCUT2D eigenvalue weighted by molar-refractivity contribution is 0.0692. The van der Waals surface area contributed by atoms with Gasteiger partial charge in [-0.2, -0.15) is 0 Å². The molecule has 5 nitrogen and oxygen atoms in total. The van der Waals surface area contributed by atoms with E-state index in [1.165, 1.54) is 0 Å². The van der Waals surface area contributed by atoms with Crippen LogP contribution in [0.5, 0.6) is 5.75 Å². The van der Waals surface area contributed by atoms with Crippen molar-refractivity contribution in [3.63, 3.8) is 0 Å². The third-order valence-corrected chi connectivity index (χ3v) is 3.70. The first-order chi connectivity index (χ1) is 7.92. The minimum absolute atomic E-state index is 0.0208. The summed E-state index contributed by atoms with van der Waals surface area (Å²) in [7, 11) is 0. The van der Waals surface area contributed by atoms with Gasteiger partial charge in [0, 0.05) is 0 Å². The molecule has 2 atom stereocenters. The number of rotatable bonds is 1. The first-order valence-electron chi connectivity index (χ1n) is 5.57. The summed E-state index contributed by atoms with van der Waals surface area (Å²) in [5.74, 6) is -1.24. The van der Waals surface area contributed by atoms with Crippen molar-refractivity contribution in [3.05, 3.63) is 28.8 Å². The van der Waals surface area contributed by atoms with Gasteiger partial charge in [-0.1, -0.05) is 24.4 Å². The molecule has 0 unspecified atom stereocenters. The van der Waals surface area contributed by atoms with Gasteiger partial charge < -0.3 is 19.8 Å². The average molecular weight is 235 g/mol. The summed E-state index contributed by atoms with van der Waals surface area (Å²) in [5.41, 5.74) is 1.36. The first-order valence-corrected chi connectivity index (χ1v) is 5.57. The maximum atomic E-state index is 11.2. The SMILES string of the molecule is Cc1ccc2c(c1C(=O)O)O[B-](O)(O)[C@H]1C[C@@H]21. The molecule has 0 saturated heterocycles. The maximum Gasteiger partial charge on any atom is 0.434 e. The smallest absolute Gasteiger partial charge is 0.434 e. The van der Waals surface area contributed by atoms with Crippen LogP contribution in [0.25, 0.3) is 0 Å². The van der Waals surface area contributed by atoms with Gasteiger partial charge in [-0.3, -0.25) is 0 Å². The van der Waals surface area contributed by atoms with Gasteiger partial charge in [-0.15, -0.1) is 0 Å². The Morgan fingerprint density at radius 2 is 2.18 bits per heavy atom. The van der Waals surface area contributed by atoms with Gasteiger partial charge in [-0.25, -0.2) is 4.79 Å². The lowest BCUT2D eigenvalue weighted by atomic mass is 9.68. The van der Waals surface area contributed by atoms with E-state index in [9.17, 15) is 14.8 Å². The van der Waals surface area contributed by atoms with Gasteiger partial charge in [0.15, 0.2) is 0 Å². The molecule has 1 fully saturated rings. The Balaban J connectivity index is 2.21. The zero-order valence-corrected chi connectivity index (χ0v) is 9.25. The predicted octanol–water partition coefficient (Wildman–Crippen LogP) is 0.867. The zero-order chi connectivity index (χ0) is 12.4. The van der Waals surface area contributed by atoms with Crippen molar-refractivity contribution in [3.8, 4) is 5.75 Å². The molecule has 17 heavy (non-hydrogen) atoms. The molecular formula is C11H12BO5-. The summed E-state index contributed by atoms with van der Waals surface area (Å²) in [6, 6.07) is 3.54. The fraction of sp³-hybridized carbons (Fsp3) is 0.364. The lowest BCUT2D eigenvalue weighted by Crippen LogP contribution is -2.45. The highest BCUT2D eigenvalue weighted by Crippen LogP contribution is 2.62. The summed E-state index contributed by atoms with van der Waals surface area (Å²) < 4.78 is 5.14. The van der Waals surface area contributed by atoms with Crippen LogP contribution >= 0.6 is 0 Å². The fourth-order valence-corrected chi connectivity index (χ4v) is 2.69. The van der Waals surface area contributed by atoms with Crippen LogP contribution in [0.15, 0.2) is 12.1 Å². The van der Waals surface area contributed by atoms with Crippen LogP contribution in [0, 0.1) is 6.92 Å². The number of aromatic carboxylic acids is 1. The van der Waals surface area contributed by atoms with Crippen molar-refractivity contribution in [2.24, 2.45) is 0 Å². The largest absolute Gasteiger partial charge is 0.669 e. The molecular weight excluding hydrogens is 223 g/mol. The summed E-state index contributed by atoms with van der Waals surface area (Å²) in [4.78, 5) is 11.2. The van der Waals surface area contributed by atoms with Crippen molar-refractivity contribution in [2.75, 3.05) is 0 Å². The lowest BCUT2D eigenvalue weighted by Gasteiger charge is -2.37. The van der Waals surface area contributed by atoms with E-state index in [4.69, 9.17) is 9.76 Å². The quantitative estimate of drug-likeness (QED) is 0.628. The van der Waals surface area contributed by atoms with E-state index < -0.39 is 12.7 Å². The minimum Gasteiger partial charge on any atom is -0.669 e. The van der Waals surface area contributed by atoms with E-state index in [1.807, 2.05) is 6.07 Å². The first kappa shape index (κ1) is 10.6. The number of carbonyl (C=O) groups is 1. The Bertz CT molecular complexity index is 525. The van der Waals surface area contributed by atoms with E-state index in [0.717, 1.165) is 5.56 Å². The molecule has 3 rings (SSSR count). The molecule has 0 spiro atoms. The van der Waals surface area contributed by atoms with Crippen LogP contribution < -0.4 is 4.65 Å². The molecule has 0 bridgehead atoms. The third kappa shape index (κ3) is 1.38. The number of hydrogen-bond donors (Lipinski definition) is 3. The summed E-state index contributed by atoms with van der Waals surface area (Å²) >= 11 is 0. The Kier molecular flexibility index (Phi) is 1.89. The predicted molar refractivity (Wildman–Crippen MR) is 60.1 cm³/mol. The summed E-state index contributed by atoms with van der Waals surface area (Å²) in [6.07, 6.45) is 0.641. The highest BCUT2D eigenvalue weighted by molar-refractivity contribution is 6.62. The van der Waals surface area contributed by atoms with Gasteiger partial charge in [0.05, 0.1) is 5.75 Å². The number of benzene rings is 1. The molecule has 90 valence electrons. The van der Waals surface area contributed by atoms with Crippen LogP contribution in [-0.2, 0) is 0 Å². The second-order valence-corrected chi connectivity index (χ2v) is 4.87. The van der Waals surface area contributed by atoms with E-state index in [1.54, 1.807) is 13.0 Å². The highest BCUT2D eigenvalue weighted by Gasteiger charge is 2.55.